The van der Waals surface area contributed by atoms with E-state index in [4.69, 9.17) is 9.47 Å². The number of piperazine rings is 1. The fraction of sp³-hybridized carbons (Fsp3) is 0.292. The molecule has 0 unspecified atom stereocenters. The predicted molar refractivity (Wildman–Crippen MR) is 118 cm³/mol. The van der Waals surface area contributed by atoms with Crippen LogP contribution >= 0.6 is 0 Å². The van der Waals surface area contributed by atoms with Gasteiger partial charge in [0.25, 0.3) is 0 Å². The first-order valence-electron chi connectivity index (χ1n) is 10.5. The van der Waals surface area contributed by atoms with Gasteiger partial charge in [0.15, 0.2) is 0 Å². The van der Waals surface area contributed by atoms with Crippen LogP contribution in [-0.2, 0) is 16.1 Å². The van der Waals surface area contributed by atoms with E-state index in [9.17, 15) is 9.18 Å². The second kappa shape index (κ2) is 10.2. The molecule has 3 aromatic rings. The molecule has 0 aliphatic carbocycles. The summed E-state index contributed by atoms with van der Waals surface area (Å²) in [5.41, 5.74) is 1.04. The number of halogens is 1. The lowest BCUT2D eigenvalue weighted by atomic mass is 10.2. The van der Waals surface area contributed by atoms with Gasteiger partial charge in [-0.2, -0.15) is 0 Å². The van der Waals surface area contributed by atoms with Gasteiger partial charge in [-0.05, 0) is 24.6 Å². The average Bonchev–Trinajstić information content (AvgIpc) is 2.80. The first-order valence-corrected chi connectivity index (χ1v) is 10.5. The molecule has 4 rings (SSSR count). The third-order valence-corrected chi connectivity index (χ3v) is 5.25. The summed E-state index contributed by atoms with van der Waals surface area (Å²) < 4.78 is 24.7. The van der Waals surface area contributed by atoms with Crippen molar-refractivity contribution in [2.24, 2.45) is 0 Å². The summed E-state index contributed by atoms with van der Waals surface area (Å²) in [5, 5.41) is 0. The lowest BCUT2D eigenvalue weighted by Crippen LogP contribution is -2.55. The zero-order valence-corrected chi connectivity index (χ0v) is 17.9. The van der Waals surface area contributed by atoms with Crippen LogP contribution in [0.5, 0.6) is 11.6 Å². The number of carbonyl (C=O) groups excluding carboxylic acids is 1. The van der Waals surface area contributed by atoms with E-state index >= 15 is 0 Å². The summed E-state index contributed by atoms with van der Waals surface area (Å²) in [4.78, 5) is 25.0. The minimum absolute atomic E-state index is 0.000807. The molecule has 1 aliphatic rings. The maximum atomic E-state index is 13.4. The lowest BCUT2D eigenvalue weighted by Gasteiger charge is -2.40. The maximum Gasteiger partial charge on any atom is 0.248 e. The Morgan fingerprint density at radius 1 is 1.09 bits per heavy atom. The lowest BCUT2D eigenvalue weighted by molar-refractivity contribution is -0.139. The third kappa shape index (κ3) is 5.59. The summed E-state index contributed by atoms with van der Waals surface area (Å²) in [6, 6.07) is 17.4. The van der Waals surface area contributed by atoms with Crippen LogP contribution < -0.4 is 9.64 Å². The van der Waals surface area contributed by atoms with Gasteiger partial charge in [0, 0.05) is 37.8 Å². The van der Waals surface area contributed by atoms with Gasteiger partial charge in [-0.25, -0.2) is 14.4 Å². The van der Waals surface area contributed by atoms with E-state index in [1.807, 2.05) is 42.2 Å². The second-order valence-corrected chi connectivity index (χ2v) is 7.63. The van der Waals surface area contributed by atoms with Crippen molar-refractivity contribution in [1.29, 1.82) is 0 Å². The van der Waals surface area contributed by atoms with Crippen molar-refractivity contribution in [1.82, 2.24) is 14.9 Å². The zero-order chi connectivity index (χ0) is 22.3. The van der Waals surface area contributed by atoms with Crippen LogP contribution in [0.1, 0.15) is 12.5 Å². The van der Waals surface area contributed by atoms with Crippen LogP contribution in [0.3, 0.4) is 0 Å². The Morgan fingerprint density at radius 2 is 1.94 bits per heavy atom. The highest BCUT2D eigenvalue weighted by Gasteiger charge is 2.28. The molecule has 0 radical (unpaired) electrons. The zero-order valence-electron chi connectivity index (χ0n) is 17.9. The van der Waals surface area contributed by atoms with Gasteiger partial charge in [-0.15, -0.1) is 0 Å². The molecule has 1 aliphatic heterocycles. The fourth-order valence-electron chi connectivity index (χ4n) is 3.66. The summed E-state index contributed by atoms with van der Waals surface area (Å²) in [5.74, 6) is 1.01. The van der Waals surface area contributed by atoms with E-state index in [0.717, 1.165) is 5.56 Å². The number of hydrogen-bond donors (Lipinski definition) is 0. The average molecular weight is 436 g/mol. The SMILES string of the molecule is C[C@@H]1CN(c2cc(Oc3cccc(F)c3)ncn2)CCN1C(=O)COCc1ccccc1. The Bertz CT molecular complexity index is 1050. The molecule has 0 saturated carbocycles. The van der Waals surface area contributed by atoms with Gasteiger partial charge in [-0.3, -0.25) is 4.79 Å². The van der Waals surface area contributed by atoms with E-state index in [1.165, 1.54) is 18.5 Å². The summed E-state index contributed by atoms with van der Waals surface area (Å²) >= 11 is 0. The molecule has 32 heavy (non-hydrogen) atoms. The summed E-state index contributed by atoms with van der Waals surface area (Å²) in [7, 11) is 0. The molecule has 1 atom stereocenters. The first-order chi connectivity index (χ1) is 15.6. The van der Waals surface area contributed by atoms with Gasteiger partial charge < -0.3 is 19.3 Å². The van der Waals surface area contributed by atoms with Gasteiger partial charge in [0.05, 0.1) is 6.61 Å². The number of rotatable bonds is 7. The number of amides is 1. The molecule has 8 heteroatoms. The molecule has 1 fully saturated rings. The van der Waals surface area contributed by atoms with Crippen molar-refractivity contribution in [3.05, 3.63) is 78.4 Å². The molecule has 1 aromatic heterocycles. The van der Waals surface area contributed by atoms with Gasteiger partial charge >= 0.3 is 0 Å². The molecule has 166 valence electrons. The molecular formula is C24H25FN4O3. The van der Waals surface area contributed by atoms with Crippen molar-refractivity contribution >= 4 is 11.7 Å². The largest absolute Gasteiger partial charge is 0.439 e. The number of nitrogens with zero attached hydrogens (tertiary/aromatic N) is 4. The molecule has 0 N–H and O–H groups in total. The minimum Gasteiger partial charge on any atom is -0.439 e. The normalized spacial score (nSPS) is 16.1. The monoisotopic (exact) mass is 436 g/mol. The van der Waals surface area contributed by atoms with E-state index in [0.29, 0.717) is 43.7 Å². The van der Waals surface area contributed by atoms with Crippen molar-refractivity contribution in [3.63, 3.8) is 0 Å². The molecule has 1 saturated heterocycles. The fourth-order valence-corrected chi connectivity index (χ4v) is 3.66. The number of aromatic nitrogens is 2. The van der Waals surface area contributed by atoms with Crippen LogP contribution in [0.4, 0.5) is 10.2 Å². The summed E-state index contributed by atoms with van der Waals surface area (Å²) in [6.07, 6.45) is 1.42. The minimum atomic E-state index is -0.376. The van der Waals surface area contributed by atoms with Crippen LogP contribution in [0.25, 0.3) is 0 Å². The highest BCUT2D eigenvalue weighted by atomic mass is 19.1. The van der Waals surface area contributed by atoms with Gasteiger partial charge in [-0.1, -0.05) is 36.4 Å². The molecule has 2 heterocycles. The van der Waals surface area contributed by atoms with Crippen molar-refractivity contribution in [2.45, 2.75) is 19.6 Å². The Hall–Kier alpha value is -3.52. The van der Waals surface area contributed by atoms with Crippen molar-refractivity contribution in [2.75, 3.05) is 31.1 Å². The van der Waals surface area contributed by atoms with Crippen LogP contribution in [0, 0.1) is 5.82 Å². The smallest absolute Gasteiger partial charge is 0.248 e. The summed E-state index contributed by atoms with van der Waals surface area (Å²) in [6.45, 7) is 4.30. The molecule has 1 amide bonds. The van der Waals surface area contributed by atoms with E-state index < -0.39 is 0 Å². The third-order valence-electron chi connectivity index (χ3n) is 5.25. The van der Waals surface area contributed by atoms with Crippen molar-refractivity contribution in [3.8, 4) is 11.6 Å². The quantitative estimate of drug-likeness (QED) is 0.563. The van der Waals surface area contributed by atoms with Crippen LogP contribution in [0.15, 0.2) is 67.0 Å². The number of ether oxygens (including phenoxy) is 2. The van der Waals surface area contributed by atoms with Gasteiger partial charge in [0.1, 0.15) is 30.3 Å². The second-order valence-electron chi connectivity index (χ2n) is 7.63. The highest BCUT2D eigenvalue weighted by Crippen LogP contribution is 2.24. The number of hydrogen-bond acceptors (Lipinski definition) is 6. The van der Waals surface area contributed by atoms with Crippen LogP contribution in [-0.4, -0.2) is 53.1 Å². The van der Waals surface area contributed by atoms with E-state index in [2.05, 4.69) is 14.9 Å². The Balaban J connectivity index is 1.31. The number of carbonyl (C=O) groups is 1. The molecular weight excluding hydrogens is 411 g/mol. The topological polar surface area (TPSA) is 67.8 Å². The van der Waals surface area contributed by atoms with E-state index in [-0.39, 0.29) is 24.4 Å². The van der Waals surface area contributed by atoms with Gasteiger partial charge in [0.2, 0.25) is 11.8 Å². The molecule has 2 aromatic carbocycles. The van der Waals surface area contributed by atoms with Crippen molar-refractivity contribution < 1.29 is 18.7 Å². The predicted octanol–water partition coefficient (Wildman–Crippen LogP) is 3.66. The highest BCUT2D eigenvalue weighted by molar-refractivity contribution is 5.78. The Morgan fingerprint density at radius 3 is 2.72 bits per heavy atom. The standard InChI is InChI=1S/C24H25FN4O3/c1-18-14-28(10-11-29(18)24(30)16-31-15-19-6-3-2-4-7-19)22-13-23(27-17-26-22)32-21-9-5-8-20(25)12-21/h2-9,12-13,17-18H,10-11,14-16H2,1H3/t18-/m1/s1. The Labute approximate surface area is 186 Å². The maximum absolute atomic E-state index is 13.4. The number of anilines is 1. The number of benzene rings is 2. The van der Waals surface area contributed by atoms with E-state index in [1.54, 1.807) is 18.2 Å². The Kier molecular flexibility index (Phi) is 6.91. The molecule has 0 spiro atoms. The molecule has 7 nitrogen and oxygen atoms in total. The molecule has 0 bridgehead atoms. The first kappa shape index (κ1) is 21.7. The van der Waals surface area contributed by atoms with Crippen LogP contribution in [0.2, 0.25) is 0 Å².